The number of aliphatic hydroxyl groups is 1. The molecule has 0 aliphatic carbocycles. The fourth-order valence-electron chi connectivity index (χ4n) is 5.99. The highest BCUT2D eigenvalue weighted by Gasteiger charge is 2.36. The summed E-state index contributed by atoms with van der Waals surface area (Å²) in [6, 6.07) is 19.9. The van der Waals surface area contributed by atoms with Crippen molar-refractivity contribution in [2.24, 2.45) is 5.73 Å². The first-order valence-electron chi connectivity index (χ1n) is 16.7. The van der Waals surface area contributed by atoms with Gasteiger partial charge in [-0.1, -0.05) is 72.8 Å². The number of ketones is 1. The third kappa shape index (κ3) is 8.96. The maximum absolute atomic E-state index is 14.4. The van der Waals surface area contributed by atoms with E-state index in [4.69, 9.17) is 1.41 Å². The van der Waals surface area contributed by atoms with Gasteiger partial charge >= 0.3 is 0 Å². The van der Waals surface area contributed by atoms with Gasteiger partial charge in [0.15, 0.2) is 5.78 Å². The van der Waals surface area contributed by atoms with Crippen molar-refractivity contribution >= 4 is 34.6 Å². The Morgan fingerprint density at radius 2 is 1.77 bits per heavy atom. The van der Waals surface area contributed by atoms with Crippen LogP contribution in [0.15, 0.2) is 91.1 Å². The Kier molecular flexibility index (Phi) is 11.3. The van der Waals surface area contributed by atoms with Gasteiger partial charge in [0.2, 0.25) is 11.8 Å². The summed E-state index contributed by atoms with van der Waals surface area (Å²) in [5.74, 6) is -1.50. The first kappa shape index (κ1) is 33.1. The molecule has 0 saturated carbocycles. The van der Waals surface area contributed by atoms with E-state index in [2.05, 4.69) is 31.6 Å². The number of carbonyl (C=O) groups is 3. The van der Waals surface area contributed by atoms with Crippen LogP contribution in [0.1, 0.15) is 23.6 Å². The minimum atomic E-state index is -1.39. The summed E-state index contributed by atoms with van der Waals surface area (Å²) in [6.45, 7) is 3.68. The van der Waals surface area contributed by atoms with Crippen LogP contribution in [-0.4, -0.2) is 94.1 Å². The minimum Gasteiger partial charge on any atom is -0.508 e. The number of hydrogen-bond acceptors (Lipinski definition) is 8. The first-order valence-corrected chi connectivity index (χ1v) is 16.2. The number of rotatable bonds is 15. The molecule has 5 atom stereocenters. The molecule has 11 nitrogen and oxygen atoms in total. The van der Waals surface area contributed by atoms with Gasteiger partial charge < -0.3 is 36.9 Å². The maximum atomic E-state index is 14.4. The van der Waals surface area contributed by atoms with E-state index in [9.17, 15) is 24.6 Å². The molecule has 48 heavy (non-hydrogen) atoms. The number of aliphatic hydroxyl groups excluding tert-OH is 1. The number of phenolic OH excluding ortho intramolecular Hbond substituents is 1. The van der Waals surface area contributed by atoms with Crippen LogP contribution in [-0.2, 0) is 27.2 Å². The zero-order valence-electron chi connectivity index (χ0n) is 27.9. The van der Waals surface area contributed by atoms with Gasteiger partial charge in [0, 0.05) is 49.7 Å². The number of nitrogens with one attached hydrogen (secondary N) is 4. The normalized spacial score (nSPS) is 18.1. The molecule has 1 aromatic heterocycles. The van der Waals surface area contributed by atoms with Crippen LogP contribution in [0.5, 0.6) is 5.75 Å². The van der Waals surface area contributed by atoms with Gasteiger partial charge in [-0.05, 0) is 48.2 Å². The molecule has 1 aliphatic rings. The van der Waals surface area contributed by atoms with Gasteiger partial charge in [-0.2, -0.15) is 0 Å². The van der Waals surface area contributed by atoms with Crippen LogP contribution in [0.25, 0.3) is 17.0 Å². The molecule has 1 unspecified atom stereocenters. The number of aromatic hydroxyl groups is 1. The van der Waals surface area contributed by atoms with E-state index in [0.29, 0.717) is 31.7 Å². The Labute approximate surface area is 281 Å². The number of nitrogens with two attached hydrogens (primary N) is 1. The van der Waals surface area contributed by atoms with E-state index in [-0.39, 0.29) is 24.4 Å². The molecule has 4 aromatic rings. The predicted octanol–water partition coefficient (Wildman–Crippen LogP) is 1.89. The molecule has 1 aliphatic heterocycles. The van der Waals surface area contributed by atoms with E-state index in [0.717, 1.165) is 22.0 Å². The molecule has 252 valence electrons. The summed E-state index contributed by atoms with van der Waals surface area (Å²) in [5, 5.41) is 29.9. The van der Waals surface area contributed by atoms with Crippen molar-refractivity contribution in [3.63, 3.8) is 0 Å². The van der Waals surface area contributed by atoms with Crippen molar-refractivity contribution in [3.05, 3.63) is 108 Å². The molecule has 11 heteroatoms. The summed E-state index contributed by atoms with van der Waals surface area (Å²) in [6.07, 6.45) is 4.88. The van der Waals surface area contributed by atoms with Gasteiger partial charge in [-0.3, -0.25) is 19.3 Å². The van der Waals surface area contributed by atoms with E-state index < -0.39 is 42.1 Å². The summed E-state index contributed by atoms with van der Waals surface area (Å²) in [5.41, 5.74) is 5.71. The molecule has 2 amide bonds. The summed E-state index contributed by atoms with van der Waals surface area (Å²) >= 11 is 0. The molecule has 1 fully saturated rings. The standard InChI is InChI=1S/C37H44N6O5/c1-24(44)34(42-36(47)30(38)20-26-13-15-28(45)16-14-26)37(48)41-32(21-27-22-40-31-12-6-5-11-29(27)31)35(46)33-23-39-17-19-43(33)18-7-10-25-8-3-2-4-9-25/h2-16,22,24,30,32-34,39-40,44-45H,17-21,23,38H2,1H3,(H,41,48)(H,42,47)/t24-,30+,32+,33?,34+/m1/s1/i/hD. The molecule has 0 bridgehead atoms. The van der Waals surface area contributed by atoms with Gasteiger partial charge in [-0.25, -0.2) is 0 Å². The number of aromatic amines is 1. The Hall–Kier alpha value is -4.81. The van der Waals surface area contributed by atoms with Crippen molar-refractivity contribution in [2.75, 3.05) is 26.2 Å². The lowest BCUT2D eigenvalue weighted by Crippen LogP contribution is -2.62. The number of piperazine rings is 1. The summed E-state index contributed by atoms with van der Waals surface area (Å²) in [7, 11) is 0. The topological polar surface area (TPSA) is 173 Å². The highest BCUT2D eigenvalue weighted by atomic mass is 16.3. The van der Waals surface area contributed by atoms with Gasteiger partial charge in [0.05, 0.1) is 24.2 Å². The molecule has 1 saturated heterocycles. The number of para-hydroxylation sites is 1. The SMILES string of the molecule is [2H]N[C@@H](Cc1ccc(O)cc1)C(=O)N[C@H](C(=O)N[C@@H](Cc1c[nH]c2ccccc12)C(=O)C1CNCCN1CC=Cc1ccccc1)[C@@H](C)O. The monoisotopic (exact) mass is 653 g/mol. The third-order valence-corrected chi connectivity index (χ3v) is 8.65. The number of Topliss-reactive ketones (excluding diaryl/α,β-unsaturated/α-hetero) is 1. The number of carbonyl (C=O) groups excluding carboxylic acids is 3. The summed E-state index contributed by atoms with van der Waals surface area (Å²) in [4.78, 5) is 46.8. The number of fused-ring (bicyclic) bond motifs is 1. The Morgan fingerprint density at radius 3 is 2.52 bits per heavy atom. The molecule has 3 aromatic carbocycles. The van der Waals surface area contributed by atoms with Crippen molar-refractivity contribution in [1.29, 1.82) is 0 Å². The fourth-order valence-corrected chi connectivity index (χ4v) is 5.99. The number of nitrogens with zero attached hydrogens (tertiary/aromatic N) is 1. The van der Waals surface area contributed by atoms with Crippen molar-refractivity contribution < 1.29 is 26.0 Å². The number of aromatic nitrogens is 1. The number of benzene rings is 3. The Bertz CT molecular complexity index is 1730. The quantitative estimate of drug-likeness (QED) is 0.102. The summed E-state index contributed by atoms with van der Waals surface area (Å²) < 4.78 is 7.73. The van der Waals surface area contributed by atoms with Crippen LogP contribution >= 0.6 is 0 Å². The molecule has 0 radical (unpaired) electrons. The number of amides is 2. The lowest BCUT2D eigenvalue weighted by molar-refractivity contribution is -0.135. The predicted molar refractivity (Wildman–Crippen MR) is 186 cm³/mol. The van der Waals surface area contributed by atoms with Crippen LogP contribution in [0.4, 0.5) is 0 Å². The highest BCUT2D eigenvalue weighted by molar-refractivity contribution is 5.96. The third-order valence-electron chi connectivity index (χ3n) is 8.65. The van der Waals surface area contributed by atoms with Crippen LogP contribution in [0, 0.1) is 0 Å². The minimum absolute atomic E-state index is 0.0712. The number of H-pyrrole nitrogens is 1. The van der Waals surface area contributed by atoms with E-state index in [1.54, 1.807) is 12.1 Å². The smallest absolute Gasteiger partial charge is 0.245 e. The van der Waals surface area contributed by atoms with E-state index in [1.807, 2.05) is 72.9 Å². The van der Waals surface area contributed by atoms with E-state index in [1.165, 1.54) is 19.1 Å². The van der Waals surface area contributed by atoms with Crippen LogP contribution in [0.3, 0.4) is 0 Å². The van der Waals surface area contributed by atoms with Crippen LogP contribution < -0.4 is 21.7 Å². The first-order chi connectivity index (χ1) is 23.7. The van der Waals surface area contributed by atoms with Gasteiger partial charge in [0.25, 0.3) is 0 Å². The van der Waals surface area contributed by atoms with E-state index >= 15 is 0 Å². The van der Waals surface area contributed by atoms with Crippen molar-refractivity contribution in [1.82, 2.24) is 25.8 Å². The second kappa shape index (κ2) is 16.3. The van der Waals surface area contributed by atoms with Crippen molar-refractivity contribution in [3.8, 4) is 5.75 Å². The van der Waals surface area contributed by atoms with Crippen LogP contribution in [0.2, 0.25) is 1.41 Å². The maximum Gasteiger partial charge on any atom is 0.245 e. The van der Waals surface area contributed by atoms with Gasteiger partial charge in [0.1, 0.15) is 13.2 Å². The highest BCUT2D eigenvalue weighted by Crippen LogP contribution is 2.21. The average Bonchev–Trinajstić information content (AvgIpc) is 3.52. The number of hydrogen-bond donors (Lipinski definition) is 7. The van der Waals surface area contributed by atoms with Crippen molar-refractivity contribution in [2.45, 2.75) is 50.0 Å². The zero-order valence-corrected chi connectivity index (χ0v) is 26.9. The lowest BCUT2D eigenvalue weighted by atomic mass is 9.95. The molecule has 0 spiro atoms. The molecule has 2 heterocycles. The molecule has 5 rings (SSSR count). The molecular weight excluding hydrogens is 608 g/mol. The molecule has 8 N–H and O–H groups in total. The number of phenols is 1. The second-order valence-electron chi connectivity index (χ2n) is 12.2. The zero-order chi connectivity index (χ0) is 34.8. The second-order valence-corrected chi connectivity index (χ2v) is 12.2. The van der Waals surface area contributed by atoms with Gasteiger partial charge in [-0.15, -0.1) is 0 Å². The lowest BCUT2D eigenvalue weighted by Gasteiger charge is -2.36. The fraction of sp³-hybridized carbons (Fsp3) is 0.324. The molecular formula is C37H44N6O5. The largest absolute Gasteiger partial charge is 0.508 e. The Balaban J connectivity index is 1.35. The average molecular weight is 654 g/mol. The Morgan fingerprint density at radius 1 is 1.02 bits per heavy atom.